The number of carboxylic acid groups (broad SMARTS) is 1. The number of anilines is 1. The first kappa shape index (κ1) is 26.8. The van der Waals surface area contributed by atoms with Crippen LogP contribution in [0.3, 0.4) is 0 Å². The summed E-state index contributed by atoms with van der Waals surface area (Å²) in [7, 11) is 3.10. The molecule has 0 saturated carbocycles. The Hall–Kier alpha value is -3.84. The van der Waals surface area contributed by atoms with Crippen molar-refractivity contribution in [1.29, 1.82) is 0 Å². The van der Waals surface area contributed by atoms with E-state index in [1.54, 1.807) is 50.6 Å². The number of nitrogens with one attached hydrogen (secondary N) is 1. The summed E-state index contributed by atoms with van der Waals surface area (Å²) < 4.78 is 10.9. The van der Waals surface area contributed by atoms with Gasteiger partial charge in [0.05, 0.1) is 32.7 Å². The highest BCUT2D eigenvalue weighted by Gasteiger charge is 2.29. The van der Waals surface area contributed by atoms with Crippen LogP contribution in [-0.4, -0.2) is 36.3 Å². The molecule has 0 bridgehead atoms. The van der Waals surface area contributed by atoms with Crippen molar-refractivity contribution >= 4 is 17.6 Å². The summed E-state index contributed by atoms with van der Waals surface area (Å²) in [5.41, 5.74) is 3.55. The lowest BCUT2D eigenvalue weighted by Crippen LogP contribution is -2.28. The lowest BCUT2D eigenvalue weighted by Gasteiger charge is -2.24. The topological polar surface area (TPSA) is 105 Å². The normalized spacial score (nSPS) is 12.4. The van der Waals surface area contributed by atoms with Crippen molar-refractivity contribution in [2.75, 3.05) is 19.5 Å². The number of carbonyl (C=O) groups excluding carboxylic acids is 1. The molecule has 3 aromatic rings. The minimum Gasteiger partial charge on any atom is -0.496 e. The Bertz CT molecular complexity index is 1150. The fraction of sp³-hybridized carbons (Fsp3) is 0.310. The van der Waals surface area contributed by atoms with Gasteiger partial charge in [0.25, 0.3) is 0 Å². The van der Waals surface area contributed by atoms with Crippen LogP contribution in [0, 0.1) is 12.8 Å². The summed E-state index contributed by atoms with van der Waals surface area (Å²) in [6.07, 6.45) is 0.654. The first-order valence-corrected chi connectivity index (χ1v) is 11.9. The first-order valence-electron chi connectivity index (χ1n) is 11.9. The molecule has 190 valence electrons. The van der Waals surface area contributed by atoms with E-state index in [0.29, 0.717) is 41.2 Å². The van der Waals surface area contributed by atoms with Crippen molar-refractivity contribution in [2.24, 2.45) is 5.92 Å². The predicted octanol–water partition coefficient (Wildman–Crippen LogP) is 4.95. The van der Waals surface area contributed by atoms with E-state index >= 15 is 0 Å². The molecule has 0 aliphatic heterocycles. The number of rotatable bonds is 12. The maximum absolute atomic E-state index is 13.4. The lowest BCUT2D eigenvalue weighted by atomic mass is 9.88. The van der Waals surface area contributed by atoms with E-state index < -0.39 is 18.0 Å². The molecule has 0 aliphatic carbocycles. The molecule has 3 rings (SSSR count). The molecule has 7 heteroatoms. The zero-order valence-corrected chi connectivity index (χ0v) is 20.9. The minimum atomic E-state index is -1.11. The van der Waals surface area contributed by atoms with Gasteiger partial charge in [0.2, 0.25) is 5.91 Å². The van der Waals surface area contributed by atoms with Crippen LogP contribution >= 0.6 is 0 Å². The zero-order valence-electron chi connectivity index (χ0n) is 20.9. The smallest absolute Gasteiger partial charge is 0.307 e. The van der Waals surface area contributed by atoms with Crippen LogP contribution in [0.5, 0.6) is 11.5 Å². The molecule has 0 saturated heterocycles. The predicted molar refractivity (Wildman–Crippen MR) is 139 cm³/mol. The van der Waals surface area contributed by atoms with E-state index in [0.717, 1.165) is 17.5 Å². The number of hydrogen-bond donors (Lipinski definition) is 3. The Kier molecular flexibility index (Phi) is 9.47. The highest BCUT2D eigenvalue weighted by atomic mass is 16.5. The highest BCUT2D eigenvalue weighted by Crippen LogP contribution is 2.36. The molecular formula is C29H33NO6. The summed E-state index contributed by atoms with van der Waals surface area (Å²) in [5.74, 6) is -0.924. The number of aliphatic hydroxyl groups is 1. The van der Waals surface area contributed by atoms with E-state index in [1.807, 2.05) is 37.3 Å². The third kappa shape index (κ3) is 7.09. The second kappa shape index (κ2) is 12.7. The van der Waals surface area contributed by atoms with Crippen LogP contribution in [0.1, 0.15) is 41.2 Å². The quantitative estimate of drug-likeness (QED) is 0.331. The lowest BCUT2D eigenvalue weighted by molar-refractivity contribution is -0.136. The molecule has 0 aliphatic rings. The van der Waals surface area contributed by atoms with Crippen LogP contribution in [0.4, 0.5) is 5.69 Å². The zero-order chi connectivity index (χ0) is 26.1. The molecule has 0 aromatic heterocycles. The van der Waals surface area contributed by atoms with Gasteiger partial charge < -0.3 is 25.0 Å². The van der Waals surface area contributed by atoms with Crippen molar-refractivity contribution in [2.45, 2.75) is 38.7 Å². The third-order valence-electron chi connectivity index (χ3n) is 6.21. The standard InChI is InChI=1S/C29H33NO6/c1-19-25(35-2)17-22(18-26(19)36-3)28(33)24(14-8-11-20-9-5-4-6-10-20)29(34)30-23-13-7-12-21(15-23)16-27(31)32/h4-7,9-10,12-13,15,17-18,24,28,33H,8,11,14,16H2,1-3H3,(H,30,34)(H,31,32)/t24-,28-/m1/s1. The number of aliphatic hydroxyl groups excluding tert-OH is 1. The van der Waals surface area contributed by atoms with Gasteiger partial charge in [0.15, 0.2) is 0 Å². The van der Waals surface area contributed by atoms with Gasteiger partial charge in [0, 0.05) is 11.3 Å². The van der Waals surface area contributed by atoms with Crippen LogP contribution in [0.15, 0.2) is 66.7 Å². The number of methoxy groups -OCH3 is 2. The summed E-state index contributed by atoms with van der Waals surface area (Å²) in [5, 5.41) is 23.3. The van der Waals surface area contributed by atoms with Crippen molar-refractivity contribution in [3.63, 3.8) is 0 Å². The monoisotopic (exact) mass is 491 g/mol. The van der Waals surface area contributed by atoms with E-state index in [-0.39, 0.29) is 12.3 Å². The molecule has 0 unspecified atom stereocenters. The van der Waals surface area contributed by atoms with Gasteiger partial charge in [-0.2, -0.15) is 0 Å². The third-order valence-corrected chi connectivity index (χ3v) is 6.21. The summed E-state index contributed by atoms with van der Waals surface area (Å²) in [4.78, 5) is 24.5. The van der Waals surface area contributed by atoms with E-state index in [9.17, 15) is 14.7 Å². The highest BCUT2D eigenvalue weighted by molar-refractivity contribution is 5.93. The number of aryl methyl sites for hydroxylation is 1. The maximum Gasteiger partial charge on any atom is 0.307 e. The van der Waals surface area contributed by atoms with Gasteiger partial charge in [-0.05, 0) is 67.1 Å². The van der Waals surface area contributed by atoms with E-state index in [2.05, 4.69) is 5.32 Å². The van der Waals surface area contributed by atoms with Gasteiger partial charge in [-0.3, -0.25) is 9.59 Å². The summed E-state index contributed by atoms with van der Waals surface area (Å²) >= 11 is 0. The summed E-state index contributed by atoms with van der Waals surface area (Å²) in [6, 6.07) is 20.2. The number of carboxylic acids is 1. The van der Waals surface area contributed by atoms with Crippen molar-refractivity contribution in [3.05, 3.63) is 89.0 Å². The van der Waals surface area contributed by atoms with Gasteiger partial charge in [0.1, 0.15) is 11.5 Å². The number of ether oxygens (including phenoxy) is 2. The Balaban J connectivity index is 1.85. The van der Waals surface area contributed by atoms with E-state index in [1.165, 1.54) is 0 Å². The number of carbonyl (C=O) groups is 2. The molecular weight excluding hydrogens is 458 g/mol. The SMILES string of the molecule is COc1cc([C@@H](O)[C@@H](CCCc2ccccc2)C(=O)Nc2cccc(CC(=O)O)c2)cc(OC)c1C. The van der Waals surface area contributed by atoms with Crippen molar-refractivity contribution in [1.82, 2.24) is 0 Å². The Morgan fingerprint density at radius 3 is 2.17 bits per heavy atom. The van der Waals surface area contributed by atoms with Gasteiger partial charge >= 0.3 is 5.97 Å². The number of benzene rings is 3. The largest absolute Gasteiger partial charge is 0.496 e. The number of amides is 1. The molecule has 0 spiro atoms. The molecule has 0 fully saturated rings. The molecule has 36 heavy (non-hydrogen) atoms. The molecule has 0 radical (unpaired) electrons. The fourth-order valence-electron chi connectivity index (χ4n) is 4.28. The molecule has 1 amide bonds. The summed E-state index contributed by atoms with van der Waals surface area (Å²) in [6.45, 7) is 1.86. The molecule has 3 aromatic carbocycles. The molecule has 0 heterocycles. The van der Waals surface area contributed by atoms with Crippen LogP contribution < -0.4 is 14.8 Å². The van der Waals surface area contributed by atoms with Gasteiger partial charge in [-0.25, -0.2) is 0 Å². The Morgan fingerprint density at radius 2 is 1.56 bits per heavy atom. The number of aliphatic carboxylic acids is 1. The Morgan fingerprint density at radius 1 is 0.917 bits per heavy atom. The fourth-order valence-corrected chi connectivity index (χ4v) is 4.28. The van der Waals surface area contributed by atoms with Crippen molar-refractivity contribution < 1.29 is 29.3 Å². The second-order valence-electron chi connectivity index (χ2n) is 8.74. The first-order chi connectivity index (χ1) is 17.3. The molecule has 2 atom stereocenters. The van der Waals surface area contributed by atoms with Gasteiger partial charge in [-0.1, -0.05) is 42.5 Å². The average molecular weight is 492 g/mol. The second-order valence-corrected chi connectivity index (χ2v) is 8.74. The minimum absolute atomic E-state index is 0.143. The van der Waals surface area contributed by atoms with Crippen LogP contribution in [0.2, 0.25) is 0 Å². The molecule has 3 N–H and O–H groups in total. The number of hydrogen-bond acceptors (Lipinski definition) is 5. The van der Waals surface area contributed by atoms with Crippen LogP contribution in [0.25, 0.3) is 0 Å². The van der Waals surface area contributed by atoms with Crippen molar-refractivity contribution in [3.8, 4) is 11.5 Å². The van der Waals surface area contributed by atoms with E-state index in [4.69, 9.17) is 14.6 Å². The van der Waals surface area contributed by atoms with Crippen LogP contribution in [-0.2, 0) is 22.4 Å². The average Bonchev–Trinajstić information content (AvgIpc) is 2.86. The van der Waals surface area contributed by atoms with Gasteiger partial charge in [-0.15, -0.1) is 0 Å². The maximum atomic E-state index is 13.4. The molecule has 7 nitrogen and oxygen atoms in total. The Labute approximate surface area is 211 Å².